The lowest BCUT2D eigenvalue weighted by molar-refractivity contribution is -0.384. The summed E-state index contributed by atoms with van der Waals surface area (Å²) in [5, 5.41) is 21.7. The number of imide groups is 1. The van der Waals surface area contributed by atoms with Gasteiger partial charge in [-0.1, -0.05) is 17.4 Å². The number of anilines is 1. The molecule has 9 heteroatoms. The van der Waals surface area contributed by atoms with Crippen LogP contribution in [-0.4, -0.2) is 39.3 Å². The maximum Gasteiger partial charge on any atom is 0.294 e. The Kier molecular flexibility index (Phi) is 3.31. The molecule has 0 N–H and O–H groups in total. The van der Waals surface area contributed by atoms with E-state index in [1.54, 1.807) is 23.2 Å². The molecule has 0 spiro atoms. The summed E-state index contributed by atoms with van der Waals surface area (Å²) in [7, 11) is 0. The van der Waals surface area contributed by atoms with Gasteiger partial charge in [-0.05, 0) is 45.1 Å². The van der Waals surface area contributed by atoms with Gasteiger partial charge in [0.2, 0.25) is 11.8 Å². The Labute approximate surface area is 161 Å². The average molecular weight is 383 g/mol. The van der Waals surface area contributed by atoms with Crippen LogP contribution in [0.3, 0.4) is 0 Å². The number of likely N-dealkylation sites (tertiary alicyclic amines) is 1. The van der Waals surface area contributed by atoms with E-state index in [1.165, 1.54) is 11.0 Å². The van der Waals surface area contributed by atoms with Gasteiger partial charge in [-0.3, -0.25) is 24.6 Å². The van der Waals surface area contributed by atoms with Gasteiger partial charge in [-0.2, -0.15) is 5.11 Å². The number of carbonyl (C=O) groups is 2. The molecule has 3 fully saturated rings. The predicted octanol–water partition coefficient (Wildman–Crippen LogP) is 2.57. The zero-order chi connectivity index (χ0) is 20.0. The van der Waals surface area contributed by atoms with Crippen LogP contribution >= 0.6 is 0 Å². The normalized spacial score (nSPS) is 35.7. The van der Waals surface area contributed by atoms with E-state index in [9.17, 15) is 19.7 Å². The lowest BCUT2D eigenvalue weighted by Crippen LogP contribution is -2.47. The zero-order valence-corrected chi connectivity index (χ0v) is 15.8. The smallest absolute Gasteiger partial charge is 0.277 e. The van der Waals surface area contributed by atoms with E-state index in [0.29, 0.717) is 5.69 Å². The van der Waals surface area contributed by atoms with E-state index in [0.717, 1.165) is 6.42 Å². The third kappa shape index (κ3) is 2.01. The summed E-state index contributed by atoms with van der Waals surface area (Å²) in [4.78, 5) is 38.6. The maximum absolute atomic E-state index is 13.2. The Hall–Kier alpha value is -2.84. The molecular weight excluding hydrogens is 362 g/mol. The first-order valence-electron chi connectivity index (χ1n) is 9.53. The number of fused-ring (bicyclic) bond motifs is 8. The van der Waals surface area contributed by atoms with Gasteiger partial charge in [0.1, 0.15) is 5.69 Å². The Bertz CT molecular complexity index is 938. The van der Waals surface area contributed by atoms with Crippen LogP contribution in [-0.2, 0) is 9.59 Å². The van der Waals surface area contributed by atoms with Crippen LogP contribution in [0.5, 0.6) is 0 Å². The molecule has 2 aliphatic heterocycles. The second-order valence-corrected chi connectivity index (χ2v) is 9.07. The van der Waals surface area contributed by atoms with E-state index in [4.69, 9.17) is 0 Å². The molecule has 5 rings (SSSR count). The molecule has 1 saturated heterocycles. The van der Waals surface area contributed by atoms with Gasteiger partial charge in [-0.25, -0.2) is 5.01 Å². The predicted molar refractivity (Wildman–Crippen MR) is 98.2 cm³/mol. The Morgan fingerprint density at radius 3 is 2.39 bits per heavy atom. The number of nitro benzene ring substituents is 1. The highest BCUT2D eigenvalue weighted by Gasteiger charge is 2.70. The number of nitrogens with zero attached hydrogens (tertiary/aromatic N) is 5. The monoisotopic (exact) mass is 383 g/mol. The highest BCUT2D eigenvalue weighted by atomic mass is 16.6. The molecule has 2 bridgehead atoms. The molecule has 0 aromatic heterocycles. The molecule has 2 aliphatic carbocycles. The fourth-order valence-corrected chi connectivity index (χ4v) is 5.77. The van der Waals surface area contributed by atoms with E-state index in [1.807, 2.05) is 20.8 Å². The molecular formula is C19H21N5O4. The van der Waals surface area contributed by atoms with Gasteiger partial charge in [0.15, 0.2) is 0 Å². The number of para-hydroxylation sites is 2. The highest BCUT2D eigenvalue weighted by molar-refractivity contribution is 6.07. The summed E-state index contributed by atoms with van der Waals surface area (Å²) in [5.41, 5.74) is -0.212. The first-order valence-corrected chi connectivity index (χ1v) is 9.53. The fraction of sp³-hybridized carbons (Fsp3) is 0.579. The van der Waals surface area contributed by atoms with Gasteiger partial charge in [0, 0.05) is 11.6 Å². The van der Waals surface area contributed by atoms with Crippen LogP contribution < -0.4 is 5.01 Å². The minimum Gasteiger partial charge on any atom is -0.277 e. The molecule has 28 heavy (non-hydrogen) atoms. The largest absolute Gasteiger partial charge is 0.294 e. The van der Waals surface area contributed by atoms with Crippen molar-refractivity contribution in [1.29, 1.82) is 0 Å². The standard InChI is InChI=1S/C19H21N5O4/c1-19(2,3)22-17(25)13-9-8-10(14(13)18(22)26)16-15(9)20-21-23(16)11-6-4-5-7-12(11)24(27)28/h4-7,9-10,13-16H,8H2,1-3H3/t9-,10+,13-,14+,15-,16+/m1/s1. The van der Waals surface area contributed by atoms with Crippen molar-refractivity contribution in [3.05, 3.63) is 34.4 Å². The zero-order valence-electron chi connectivity index (χ0n) is 15.8. The minimum absolute atomic E-state index is 0.0356. The lowest BCUT2D eigenvalue weighted by Gasteiger charge is -2.33. The van der Waals surface area contributed by atoms with Gasteiger partial charge in [0.25, 0.3) is 5.69 Å². The van der Waals surface area contributed by atoms with Crippen molar-refractivity contribution >= 4 is 23.2 Å². The van der Waals surface area contributed by atoms with E-state index in [-0.39, 0.29) is 53.3 Å². The SMILES string of the molecule is CC(C)(C)N1C(=O)[C@@H]2[C@H]3C[C@@H]([C@@H]2C1=O)[C@H]1[C@@H]3N=NN1c1ccccc1[N+](=O)[O-]. The van der Waals surface area contributed by atoms with Gasteiger partial charge in [0.05, 0.1) is 28.8 Å². The van der Waals surface area contributed by atoms with Gasteiger partial charge in [-0.15, -0.1) is 0 Å². The molecule has 146 valence electrons. The van der Waals surface area contributed by atoms with Crippen LogP contribution in [0.2, 0.25) is 0 Å². The van der Waals surface area contributed by atoms with Crippen LogP contribution in [0.15, 0.2) is 34.6 Å². The molecule has 9 nitrogen and oxygen atoms in total. The van der Waals surface area contributed by atoms with Crippen molar-refractivity contribution in [3.63, 3.8) is 0 Å². The molecule has 1 aromatic carbocycles. The van der Waals surface area contributed by atoms with Crippen molar-refractivity contribution in [2.45, 2.75) is 44.8 Å². The van der Waals surface area contributed by atoms with Crippen molar-refractivity contribution in [2.24, 2.45) is 34.0 Å². The van der Waals surface area contributed by atoms with E-state index >= 15 is 0 Å². The van der Waals surface area contributed by atoms with Crippen LogP contribution in [0.1, 0.15) is 27.2 Å². The lowest BCUT2D eigenvalue weighted by atomic mass is 9.76. The molecule has 0 radical (unpaired) electrons. The molecule has 6 atom stereocenters. The summed E-state index contributed by atoms with van der Waals surface area (Å²) in [6, 6.07) is 6.02. The van der Waals surface area contributed by atoms with E-state index < -0.39 is 10.5 Å². The van der Waals surface area contributed by atoms with Gasteiger partial charge < -0.3 is 0 Å². The minimum atomic E-state index is -0.563. The summed E-state index contributed by atoms with van der Waals surface area (Å²) in [5.74, 6) is -1.08. The summed E-state index contributed by atoms with van der Waals surface area (Å²) >= 11 is 0. The number of rotatable bonds is 2. The molecule has 1 aromatic rings. The molecule has 2 amide bonds. The number of nitro groups is 1. The van der Waals surface area contributed by atoms with Crippen molar-refractivity contribution < 1.29 is 14.5 Å². The number of amides is 2. The topological polar surface area (TPSA) is 108 Å². The Morgan fingerprint density at radius 1 is 1.11 bits per heavy atom. The average Bonchev–Trinajstić information content (AvgIpc) is 3.34. The van der Waals surface area contributed by atoms with Crippen LogP contribution in [0, 0.1) is 33.8 Å². The summed E-state index contributed by atoms with van der Waals surface area (Å²) < 4.78 is 0. The van der Waals surface area contributed by atoms with Gasteiger partial charge >= 0.3 is 0 Å². The van der Waals surface area contributed by atoms with Crippen molar-refractivity contribution in [1.82, 2.24) is 4.90 Å². The molecule has 2 heterocycles. The van der Waals surface area contributed by atoms with Crippen LogP contribution in [0.4, 0.5) is 11.4 Å². The summed E-state index contributed by atoms with van der Waals surface area (Å²) in [6.45, 7) is 5.60. The number of hydrogen-bond donors (Lipinski definition) is 0. The first kappa shape index (κ1) is 17.3. The maximum atomic E-state index is 13.2. The summed E-state index contributed by atoms with van der Waals surface area (Å²) in [6.07, 6.45) is 0.732. The molecule has 4 aliphatic rings. The first-order chi connectivity index (χ1) is 13.2. The fourth-order valence-electron chi connectivity index (χ4n) is 5.77. The third-order valence-corrected chi connectivity index (χ3v) is 6.65. The number of hydrogen-bond acceptors (Lipinski definition) is 7. The quantitative estimate of drug-likeness (QED) is 0.443. The number of benzene rings is 1. The highest BCUT2D eigenvalue weighted by Crippen LogP contribution is 2.61. The van der Waals surface area contributed by atoms with Crippen molar-refractivity contribution in [2.75, 3.05) is 5.01 Å². The third-order valence-electron chi connectivity index (χ3n) is 6.65. The van der Waals surface area contributed by atoms with E-state index in [2.05, 4.69) is 10.3 Å². The molecule has 2 saturated carbocycles. The Balaban J connectivity index is 1.53. The second kappa shape index (κ2) is 5.36. The number of carbonyl (C=O) groups excluding carboxylic acids is 2. The van der Waals surface area contributed by atoms with Crippen LogP contribution in [0.25, 0.3) is 0 Å². The van der Waals surface area contributed by atoms with Crippen molar-refractivity contribution in [3.8, 4) is 0 Å². The molecule has 0 unspecified atom stereocenters. The Morgan fingerprint density at radius 2 is 1.75 bits per heavy atom. The second-order valence-electron chi connectivity index (χ2n) is 9.07.